The molecule has 3 rings (SSSR count). The van der Waals surface area contributed by atoms with Gasteiger partial charge in [0.25, 0.3) is 11.7 Å². The fourth-order valence-corrected chi connectivity index (χ4v) is 3.45. The number of nitrogens with zero attached hydrogens (tertiary/aromatic N) is 2. The highest BCUT2D eigenvalue weighted by Crippen LogP contribution is 2.39. The van der Waals surface area contributed by atoms with Crippen LogP contribution in [-0.2, 0) is 14.3 Å². The molecular formula is C23H26N2O5. The van der Waals surface area contributed by atoms with Gasteiger partial charge in [0.15, 0.2) is 0 Å². The molecule has 1 aliphatic heterocycles. The summed E-state index contributed by atoms with van der Waals surface area (Å²) in [4.78, 5) is 31.2. The molecule has 1 aliphatic rings. The Kier molecular flexibility index (Phi) is 6.84. The first-order valence-electron chi connectivity index (χ1n) is 9.97. The van der Waals surface area contributed by atoms with Gasteiger partial charge in [-0.1, -0.05) is 12.1 Å². The second kappa shape index (κ2) is 9.54. The van der Waals surface area contributed by atoms with Gasteiger partial charge in [-0.05, 0) is 50.6 Å². The molecule has 158 valence electrons. The van der Waals surface area contributed by atoms with Crippen LogP contribution in [0.4, 0.5) is 0 Å². The summed E-state index contributed by atoms with van der Waals surface area (Å²) in [6, 6.07) is 9.57. The number of aliphatic hydroxyl groups excluding tert-OH is 1. The summed E-state index contributed by atoms with van der Waals surface area (Å²) in [5.74, 6) is -1.04. The van der Waals surface area contributed by atoms with E-state index in [0.29, 0.717) is 23.5 Å². The summed E-state index contributed by atoms with van der Waals surface area (Å²) in [5, 5.41) is 11.0. The van der Waals surface area contributed by atoms with E-state index >= 15 is 0 Å². The molecule has 2 heterocycles. The number of carbonyl (C=O) groups excluding carboxylic acids is 2. The highest BCUT2D eigenvalue weighted by atomic mass is 16.5. The van der Waals surface area contributed by atoms with Gasteiger partial charge in [0.05, 0.1) is 30.9 Å². The smallest absolute Gasteiger partial charge is 0.295 e. The van der Waals surface area contributed by atoms with Gasteiger partial charge in [-0.15, -0.1) is 0 Å². The van der Waals surface area contributed by atoms with E-state index in [9.17, 15) is 14.7 Å². The number of aromatic nitrogens is 1. The molecule has 0 bridgehead atoms. The van der Waals surface area contributed by atoms with Crippen LogP contribution in [0.5, 0.6) is 5.75 Å². The van der Waals surface area contributed by atoms with E-state index in [4.69, 9.17) is 9.47 Å². The number of ether oxygens (including phenoxy) is 2. The molecule has 1 unspecified atom stereocenters. The first-order valence-corrected chi connectivity index (χ1v) is 9.97. The van der Waals surface area contributed by atoms with Crippen LogP contribution < -0.4 is 4.74 Å². The van der Waals surface area contributed by atoms with Crippen molar-refractivity contribution in [2.75, 3.05) is 19.8 Å². The summed E-state index contributed by atoms with van der Waals surface area (Å²) in [6.45, 7) is 6.65. The van der Waals surface area contributed by atoms with Gasteiger partial charge in [0.1, 0.15) is 11.5 Å². The molecule has 1 aromatic carbocycles. The van der Waals surface area contributed by atoms with E-state index in [1.165, 1.54) is 4.90 Å². The van der Waals surface area contributed by atoms with E-state index in [1.807, 2.05) is 20.8 Å². The number of pyridine rings is 1. The first-order chi connectivity index (χ1) is 14.4. The Labute approximate surface area is 175 Å². The van der Waals surface area contributed by atoms with E-state index in [0.717, 1.165) is 0 Å². The predicted octanol–water partition coefficient (Wildman–Crippen LogP) is 3.33. The molecule has 7 nitrogen and oxygen atoms in total. The minimum Gasteiger partial charge on any atom is -0.507 e. The van der Waals surface area contributed by atoms with Crippen LogP contribution in [0.15, 0.2) is 54.4 Å². The molecule has 7 heteroatoms. The van der Waals surface area contributed by atoms with Crippen molar-refractivity contribution in [2.45, 2.75) is 32.9 Å². The molecule has 1 amide bonds. The maximum absolute atomic E-state index is 12.9. The zero-order chi connectivity index (χ0) is 21.7. The van der Waals surface area contributed by atoms with Crippen molar-refractivity contribution in [2.24, 2.45) is 0 Å². The number of hydrogen-bond acceptors (Lipinski definition) is 6. The van der Waals surface area contributed by atoms with Crippen LogP contribution >= 0.6 is 0 Å². The number of benzene rings is 1. The molecule has 1 N–H and O–H groups in total. The van der Waals surface area contributed by atoms with Crippen molar-refractivity contribution < 1.29 is 24.2 Å². The summed E-state index contributed by atoms with van der Waals surface area (Å²) in [5.41, 5.74) is 1.15. The molecule has 2 aromatic rings. The highest BCUT2D eigenvalue weighted by Gasteiger charge is 2.45. The molecule has 0 aliphatic carbocycles. The van der Waals surface area contributed by atoms with Crippen molar-refractivity contribution in [1.29, 1.82) is 0 Å². The Morgan fingerprint density at radius 2 is 1.93 bits per heavy atom. The number of carbonyl (C=O) groups is 2. The van der Waals surface area contributed by atoms with E-state index < -0.39 is 17.7 Å². The number of ketones is 1. The minimum atomic E-state index is -0.723. The zero-order valence-corrected chi connectivity index (χ0v) is 17.4. The number of Topliss-reactive ketones (excluding diaryl/α,β-unsaturated/α-hetero) is 1. The van der Waals surface area contributed by atoms with Crippen LogP contribution in [-0.4, -0.2) is 52.5 Å². The summed E-state index contributed by atoms with van der Waals surface area (Å²) < 4.78 is 11.1. The monoisotopic (exact) mass is 410 g/mol. The van der Waals surface area contributed by atoms with Gasteiger partial charge >= 0.3 is 0 Å². The maximum atomic E-state index is 12.9. The average molecular weight is 410 g/mol. The zero-order valence-electron chi connectivity index (χ0n) is 17.4. The fourth-order valence-electron chi connectivity index (χ4n) is 3.45. The summed E-state index contributed by atoms with van der Waals surface area (Å²) in [7, 11) is 0. The minimum absolute atomic E-state index is 0.00232. The average Bonchev–Trinajstić information content (AvgIpc) is 2.99. The topological polar surface area (TPSA) is 89.0 Å². The van der Waals surface area contributed by atoms with Gasteiger partial charge in [0, 0.05) is 24.5 Å². The standard InChI is InChI=1S/C23H26N2O5/c1-4-29-18-7-5-6-17(14-18)21(26)19-20(16-8-10-24-11-9-16)25(23(28)22(19)27)12-13-30-15(2)3/h5-11,14-15,20,26H,4,12-13H2,1-3H3/b21-19-. The lowest BCUT2D eigenvalue weighted by atomic mass is 9.96. The Balaban J connectivity index is 2.06. The summed E-state index contributed by atoms with van der Waals surface area (Å²) >= 11 is 0. The Hall–Kier alpha value is -3.19. The number of aliphatic hydroxyl groups is 1. The molecule has 0 radical (unpaired) electrons. The van der Waals surface area contributed by atoms with Crippen LogP contribution in [0.3, 0.4) is 0 Å². The first kappa shape index (κ1) is 21.5. The lowest BCUT2D eigenvalue weighted by Crippen LogP contribution is -2.33. The molecular weight excluding hydrogens is 384 g/mol. The SMILES string of the molecule is CCOc1cccc(/C(O)=C2/C(=O)C(=O)N(CCOC(C)C)C2c2ccncc2)c1. The normalized spacial score (nSPS) is 18.3. The van der Waals surface area contributed by atoms with Crippen LogP contribution in [0.1, 0.15) is 37.9 Å². The predicted molar refractivity (Wildman–Crippen MR) is 112 cm³/mol. The molecule has 0 spiro atoms. The van der Waals surface area contributed by atoms with Gasteiger partial charge in [-0.3, -0.25) is 14.6 Å². The molecule has 0 saturated carbocycles. The second-order valence-corrected chi connectivity index (χ2v) is 7.15. The largest absolute Gasteiger partial charge is 0.507 e. The lowest BCUT2D eigenvalue weighted by Gasteiger charge is -2.25. The van der Waals surface area contributed by atoms with Crippen LogP contribution in [0.25, 0.3) is 5.76 Å². The van der Waals surface area contributed by atoms with Crippen molar-refractivity contribution in [3.8, 4) is 5.75 Å². The maximum Gasteiger partial charge on any atom is 0.295 e. The third-order valence-corrected chi connectivity index (χ3v) is 4.76. The van der Waals surface area contributed by atoms with E-state index in [2.05, 4.69) is 4.98 Å². The lowest BCUT2D eigenvalue weighted by molar-refractivity contribution is -0.140. The van der Waals surface area contributed by atoms with Gasteiger partial charge < -0.3 is 19.5 Å². The molecule has 1 aromatic heterocycles. The number of likely N-dealkylation sites (tertiary alicyclic amines) is 1. The van der Waals surface area contributed by atoms with Crippen molar-refractivity contribution in [3.05, 3.63) is 65.5 Å². The van der Waals surface area contributed by atoms with Crippen LogP contribution in [0, 0.1) is 0 Å². The van der Waals surface area contributed by atoms with Crippen molar-refractivity contribution >= 4 is 17.4 Å². The van der Waals surface area contributed by atoms with Crippen molar-refractivity contribution in [1.82, 2.24) is 9.88 Å². The number of hydrogen-bond donors (Lipinski definition) is 1. The third kappa shape index (κ3) is 4.52. The quantitative estimate of drug-likeness (QED) is 0.408. The highest BCUT2D eigenvalue weighted by molar-refractivity contribution is 6.46. The number of amides is 1. The third-order valence-electron chi connectivity index (χ3n) is 4.76. The van der Waals surface area contributed by atoms with Gasteiger partial charge in [-0.2, -0.15) is 0 Å². The van der Waals surface area contributed by atoms with E-state index in [1.54, 1.807) is 48.8 Å². The fraction of sp³-hybridized carbons (Fsp3) is 0.348. The molecule has 1 saturated heterocycles. The number of rotatable bonds is 8. The second-order valence-electron chi connectivity index (χ2n) is 7.15. The van der Waals surface area contributed by atoms with Crippen LogP contribution in [0.2, 0.25) is 0 Å². The van der Waals surface area contributed by atoms with Gasteiger partial charge in [0.2, 0.25) is 0 Å². The Morgan fingerprint density at radius 1 is 1.20 bits per heavy atom. The summed E-state index contributed by atoms with van der Waals surface area (Å²) in [6.07, 6.45) is 3.19. The Bertz CT molecular complexity index is 940. The Morgan fingerprint density at radius 3 is 2.60 bits per heavy atom. The van der Waals surface area contributed by atoms with Gasteiger partial charge in [-0.25, -0.2) is 0 Å². The molecule has 1 atom stereocenters. The molecule has 1 fully saturated rings. The van der Waals surface area contributed by atoms with Crippen molar-refractivity contribution in [3.63, 3.8) is 0 Å². The van der Waals surface area contributed by atoms with E-state index in [-0.39, 0.29) is 30.6 Å². The molecule has 30 heavy (non-hydrogen) atoms.